The maximum atomic E-state index is 12.3. The Morgan fingerprint density at radius 2 is 2.14 bits per heavy atom. The summed E-state index contributed by atoms with van der Waals surface area (Å²) in [6, 6.07) is 0. The third-order valence-corrected chi connectivity index (χ3v) is 6.34. The number of carbonyl (C=O) groups excluding carboxylic acids is 1. The molecule has 7 heteroatoms. The third-order valence-electron chi connectivity index (χ3n) is 5.45. The highest BCUT2D eigenvalue weighted by Gasteiger charge is 2.35. The Morgan fingerprint density at radius 1 is 1.39 bits per heavy atom. The average Bonchev–Trinajstić information content (AvgIpc) is 3.26. The van der Waals surface area contributed by atoms with Crippen molar-refractivity contribution in [1.29, 1.82) is 0 Å². The van der Waals surface area contributed by atoms with E-state index in [1.165, 1.54) is 49.9 Å². The molecule has 1 unspecified atom stereocenters. The number of nitrogens with zero attached hydrogens (tertiary/aromatic N) is 2. The highest BCUT2D eigenvalue weighted by atomic mass is 32.1. The molecular formula is C21H33N3O3S. The molecule has 156 valence electrons. The number of amides is 1. The van der Waals surface area contributed by atoms with Gasteiger partial charge in [-0.15, -0.1) is 0 Å². The first kappa shape index (κ1) is 21.0. The van der Waals surface area contributed by atoms with E-state index in [1.54, 1.807) is 6.20 Å². The molecule has 2 heterocycles. The van der Waals surface area contributed by atoms with Crippen molar-refractivity contribution in [2.45, 2.75) is 77.5 Å². The molecule has 1 saturated carbocycles. The van der Waals surface area contributed by atoms with E-state index >= 15 is 0 Å². The topological polar surface area (TPSA) is 63.7 Å². The number of ether oxygens (including phenoxy) is 2. The zero-order valence-electron chi connectivity index (χ0n) is 17.3. The molecule has 1 N–H and O–H groups in total. The highest BCUT2D eigenvalue weighted by Crippen LogP contribution is 2.30. The Balaban J connectivity index is 1.41. The van der Waals surface area contributed by atoms with Crippen LogP contribution < -0.4 is 10.1 Å². The Labute approximate surface area is 172 Å². The SMILES string of the molecule is C=C1OC(Oc2ncc(C(=O)NCCCC3CCCCC3)s2)CN1C(C)(C)C. The van der Waals surface area contributed by atoms with Crippen molar-refractivity contribution in [3.05, 3.63) is 23.5 Å². The van der Waals surface area contributed by atoms with Gasteiger partial charge in [0.1, 0.15) is 4.88 Å². The Kier molecular flexibility index (Phi) is 6.86. The average molecular weight is 408 g/mol. The maximum Gasteiger partial charge on any atom is 0.277 e. The van der Waals surface area contributed by atoms with E-state index in [0.717, 1.165) is 18.9 Å². The molecule has 0 spiro atoms. The summed E-state index contributed by atoms with van der Waals surface area (Å²) in [5.74, 6) is 1.37. The van der Waals surface area contributed by atoms with E-state index in [1.807, 2.05) is 0 Å². The molecule has 1 aromatic heterocycles. The number of hydrogen-bond donors (Lipinski definition) is 1. The van der Waals surface area contributed by atoms with Crippen LogP contribution in [0.3, 0.4) is 0 Å². The van der Waals surface area contributed by atoms with Crippen molar-refractivity contribution in [2.24, 2.45) is 5.92 Å². The summed E-state index contributed by atoms with van der Waals surface area (Å²) in [5, 5.41) is 3.45. The first-order chi connectivity index (χ1) is 13.3. The van der Waals surface area contributed by atoms with Crippen molar-refractivity contribution in [3.63, 3.8) is 0 Å². The lowest BCUT2D eigenvalue weighted by Gasteiger charge is -2.31. The first-order valence-corrected chi connectivity index (χ1v) is 11.2. The lowest BCUT2D eigenvalue weighted by atomic mass is 9.86. The molecule has 6 nitrogen and oxygen atoms in total. The van der Waals surface area contributed by atoms with Gasteiger partial charge in [0.05, 0.1) is 12.7 Å². The molecule has 1 aromatic rings. The smallest absolute Gasteiger partial charge is 0.277 e. The van der Waals surface area contributed by atoms with Crippen molar-refractivity contribution < 1.29 is 14.3 Å². The summed E-state index contributed by atoms with van der Waals surface area (Å²) in [6.07, 6.45) is 10.2. The summed E-state index contributed by atoms with van der Waals surface area (Å²) < 4.78 is 11.5. The standard InChI is InChI=1S/C21H33N3O3S/c1-15-24(21(2,3)4)14-18(26-15)27-20-23-13-17(28-20)19(25)22-12-8-11-16-9-6-5-7-10-16/h13,16,18H,1,5-12,14H2,2-4H3,(H,22,25). The Bertz CT molecular complexity index is 677. The summed E-state index contributed by atoms with van der Waals surface area (Å²) in [7, 11) is 0. The summed E-state index contributed by atoms with van der Waals surface area (Å²) in [6.45, 7) is 11.6. The number of nitrogens with one attached hydrogen (secondary N) is 1. The fraction of sp³-hybridized carbons (Fsp3) is 0.714. The molecule has 0 aromatic carbocycles. The van der Waals surface area contributed by atoms with Crippen LogP contribution in [0.25, 0.3) is 0 Å². The van der Waals surface area contributed by atoms with Gasteiger partial charge in [0.15, 0.2) is 5.88 Å². The van der Waals surface area contributed by atoms with Crippen LogP contribution in [-0.2, 0) is 4.74 Å². The monoisotopic (exact) mass is 407 g/mol. The van der Waals surface area contributed by atoms with E-state index in [4.69, 9.17) is 9.47 Å². The van der Waals surface area contributed by atoms with Crippen LogP contribution in [0.15, 0.2) is 18.7 Å². The molecule has 0 bridgehead atoms. The number of hydrogen-bond acceptors (Lipinski definition) is 6. The second kappa shape index (κ2) is 9.16. The fourth-order valence-electron chi connectivity index (χ4n) is 3.90. The van der Waals surface area contributed by atoms with E-state index in [-0.39, 0.29) is 11.4 Å². The lowest BCUT2D eigenvalue weighted by molar-refractivity contribution is -0.00479. The normalized spacial score (nSPS) is 20.9. The Morgan fingerprint density at radius 3 is 2.82 bits per heavy atom. The number of carbonyl (C=O) groups is 1. The fourth-order valence-corrected chi connectivity index (χ4v) is 4.62. The van der Waals surface area contributed by atoms with Crippen LogP contribution >= 0.6 is 11.3 Å². The van der Waals surface area contributed by atoms with Gasteiger partial charge in [-0.05, 0) is 46.1 Å². The van der Waals surface area contributed by atoms with E-state index in [9.17, 15) is 4.79 Å². The van der Waals surface area contributed by atoms with Gasteiger partial charge in [-0.25, -0.2) is 4.98 Å². The molecule has 28 heavy (non-hydrogen) atoms. The van der Waals surface area contributed by atoms with Crippen molar-refractivity contribution in [1.82, 2.24) is 15.2 Å². The van der Waals surface area contributed by atoms with Gasteiger partial charge < -0.3 is 19.7 Å². The summed E-state index contributed by atoms with van der Waals surface area (Å²) in [4.78, 5) is 19.2. The minimum Gasteiger partial charge on any atom is -0.438 e. The van der Waals surface area contributed by atoms with Gasteiger partial charge in [-0.2, -0.15) is 0 Å². The number of thiazole rings is 1. The van der Waals surface area contributed by atoms with E-state index < -0.39 is 6.29 Å². The highest BCUT2D eigenvalue weighted by molar-refractivity contribution is 7.15. The van der Waals surface area contributed by atoms with Gasteiger partial charge in [0.2, 0.25) is 0 Å². The predicted molar refractivity (Wildman–Crippen MR) is 111 cm³/mol. The van der Waals surface area contributed by atoms with Crippen LogP contribution in [0.1, 0.15) is 75.4 Å². The molecule has 2 fully saturated rings. The van der Waals surface area contributed by atoms with Gasteiger partial charge in [0, 0.05) is 12.1 Å². The Hall–Kier alpha value is -1.76. The molecule has 1 saturated heterocycles. The van der Waals surface area contributed by atoms with Crippen LogP contribution in [0.4, 0.5) is 0 Å². The molecule has 1 aliphatic carbocycles. The number of rotatable bonds is 7. The second-order valence-corrected chi connectivity index (χ2v) is 9.73. The molecule has 1 aliphatic heterocycles. The maximum absolute atomic E-state index is 12.3. The van der Waals surface area contributed by atoms with Crippen LogP contribution in [0.2, 0.25) is 0 Å². The quantitative estimate of drug-likeness (QED) is 0.672. The van der Waals surface area contributed by atoms with Crippen molar-refractivity contribution in [3.8, 4) is 5.19 Å². The minimum absolute atomic E-state index is 0.0796. The van der Waals surface area contributed by atoms with Gasteiger partial charge in [-0.3, -0.25) is 4.79 Å². The molecule has 0 radical (unpaired) electrons. The van der Waals surface area contributed by atoms with Crippen LogP contribution in [-0.4, -0.2) is 40.7 Å². The summed E-state index contributed by atoms with van der Waals surface area (Å²) in [5.41, 5.74) is -0.0826. The third kappa shape index (κ3) is 5.63. The second-order valence-electron chi connectivity index (χ2n) is 8.73. The zero-order valence-corrected chi connectivity index (χ0v) is 18.1. The largest absolute Gasteiger partial charge is 0.438 e. The van der Waals surface area contributed by atoms with Crippen molar-refractivity contribution >= 4 is 17.2 Å². The molecular weight excluding hydrogens is 374 g/mol. The molecule has 3 rings (SSSR count). The van der Waals surface area contributed by atoms with Gasteiger partial charge >= 0.3 is 0 Å². The lowest BCUT2D eigenvalue weighted by Crippen LogP contribution is -2.39. The number of aromatic nitrogens is 1. The molecule has 1 atom stereocenters. The summed E-state index contributed by atoms with van der Waals surface area (Å²) >= 11 is 1.25. The van der Waals surface area contributed by atoms with Crippen molar-refractivity contribution in [2.75, 3.05) is 13.1 Å². The first-order valence-electron chi connectivity index (χ1n) is 10.4. The van der Waals surface area contributed by atoms with E-state index in [2.05, 4.69) is 42.6 Å². The van der Waals surface area contributed by atoms with Gasteiger partial charge in [-0.1, -0.05) is 43.4 Å². The van der Waals surface area contributed by atoms with Crippen LogP contribution in [0.5, 0.6) is 5.19 Å². The molecule has 1 amide bonds. The zero-order chi connectivity index (χ0) is 20.1. The minimum atomic E-state index is -0.454. The van der Waals surface area contributed by atoms with E-state index in [0.29, 0.717) is 22.5 Å². The van der Waals surface area contributed by atoms with Crippen LogP contribution in [0, 0.1) is 5.92 Å². The molecule has 2 aliphatic rings. The predicted octanol–water partition coefficient (Wildman–Crippen LogP) is 4.54. The van der Waals surface area contributed by atoms with Gasteiger partial charge in [0.25, 0.3) is 17.4 Å².